The number of nitrogens with zero attached hydrogens (tertiary/aromatic N) is 2. The molecule has 1 atom stereocenters. The Balaban J connectivity index is 0.00000225. The molecule has 1 fully saturated rings. The van der Waals surface area contributed by atoms with E-state index in [2.05, 4.69) is 0 Å². The number of rotatable bonds is 4. The zero-order valence-corrected chi connectivity index (χ0v) is 15.3. The van der Waals surface area contributed by atoms with Crippen LogP contribution in [0.2, 0.25) is 0 Å². The lowest BCUT2D eigenvalue weighted by molar-refractivity contribution is -0.388. The minimum Gasteiger partial charge on any atom is -0.486 e. The molecule has 3 rings (SSSR count). The van der Waals surface area contributed by atoms with Gasteiger partial charge in [-0.1, -0.05) is 6.92 Å². The van der Waals surface area contributed by atoms with E-state index >= 15 is 0 Å². The van der Waals surface area contributed by atoms with Crippen molar-refractivity contribution in [2.45, 2.75) is 18.2 Å². The number of nitro benzene ring substituents is 1. The third kappa shape index (κ3) is 3.52. The van der Waals surface area contributed by atoms with Gasteiger partial charge in [-0.25, -0.2) is 8.42 Å². The van der Waals surface area contributed by atoms with Crippen molar-refractivity contribution in [2.75, 3.05) is 32.8 Å². The molecule has 9 nitrogen and oxygen atoms in total. The summed E-state index contributed by atoms with van der Waals surface area (Å²) in [5, 5.41) is 11.4. The van der Waals surface area contributed by atoms with Crippen LogP contribution in [0, 0.1) is 15.5 Å². The monoisotopic (exact) mass is 393 g/mol. The molecule has 0 amide bonds. The Kier molecular flexibility index (Phi) is 5.47. The molecule has 0 aliphatic carbocycles. The Labute approximate surface area is 151 Å². The highest BCUT2D eigenvalue weighted by atomic mass is 35.5. The number of hydrogen-bond acceptors (Lipinski definition) is 7. The van der Waals surface area contributed by atoms with Crippen molar-refractivity contribution in [1.82, 2.24) is 4.31 Å². The van der Waals surface area contributed by atoms with Gasteiger partial charge in [0.05, 0.1) is 11.0 Å². The van der Waals surface area contributed by atoms with Crippen molar-refractivity contribution in [3.8, 4) is 11.5 Å². The zero-order valence-electron chi connectivity index (χ0n) is 13.6. The summed E-state index contributed by atoms with van der Waals surface area (Å²) in [5.41, 5.74) is 4.88. The molecule has 25 heavy (non-hydrogen) atoms. The fourth-order valence-electron chi connectivity index (χ4n) is 2.90. The van der Waals surface area contributed by atoms with Gasteiger partial charge < -0.3 is 15.2 Å². The van der Waals surface area contributed by atoms with Gasteiger partial charge in [0.1, 0.15) is 13.2 Å². The lowest BCUT2D eigenvalue weighted by atomic mass is 9.90. The lowest BCUT2D eigenvalue weighted by Crippen LogP contribution is -2.34. The van der Waals surface area contributed by atoms with E-state index in [1.807, 2.05) is 6.92 Å². The van der Waals surface area contributed by atoms with Gasteiger partial charge in [0.15, 0.2) is 16.4 Å². The molecule has 1 saturated heterocycles. The lowest BCUT2D eigenvalue weighted by Gasteiger charge is -2.23. The third-order valence-electron chi connectivity index (χ3n) is 4.45. The summed E-state index contributed by atoms with van der Waals surface area (Å²) in [6, 6.07) is 2.29. The summed E-state index contributed by atoms with van der Waals surface area (Å²) in [6.07, 6.45) is 0.612. The highest BCUT2D eigenvalue weighted by Crippen LogP contribution is 2.41. The first-order chi connectivity index (χ1) is 11.3. The zero-order chi connectivity index (χ0) is 17.5. The molecule has 0 saturated carbocycles. The number of hydrogen-bond donors (Lipinski definition) is 1. The van der Waals surface area contributed by atoms with Crippen molar-refractivity contribution in [3.05, 3.63) is 22.2 Å². The van der Waals surface area contributed by atoms with Gasteiger partial charge >= 0.3 is 0 Å². The van der Waals surface area contributed by atoms with Crippen molar-refractivity contribution in [2.24, 2.45) is 11.1 Å². The van der Waals surface area contributed by atoms with Crippen LogP contribution in [0.3, 0.4) is 0 Å². The second kappa shape index (κ2) is 6.94. The van der Waals surface area contributed by atoms with Gasteiger partial charge in [-0.15, -0.1) is 12.4 Å². The SMILES string of the molecule is CC1(CN)CCN(S(=O)(=O)c2cc3c(cc2[N+](=O)[O-])OCCO3)C1.Cl. The molecule has 140 valence electrons. The average Bonchev–Trinajstić information content (AvgIpc) is 2.97. The molecule has 2 N–H and O–H groups in total. The van der Waals surface area contributed by atoms with Crippen molar-refractivity contribution in [3.63, 3.8) is 0 Å². The molecule has 0 spiro atoms. The van der Waals surface area contributed by atoms with Crippen LogP contribution >= 0.6 is 12.4 Å². The van der Waals surface area contributed by atoms with Crippen LogP contribution < -0.4 is 15.2 Å². The predicted molar refractivity (Wildman–Crippen MR) is 91.9 cm³/mol. The fourth-order valence-corrected chi connectivity index (χ4v) is 4.64. The Bertz CT molecular complexity index is 787. The molecule has 0 bridgehead atoms. The van der Waals surface area contributed by atoms with Crippen LogP contribution in [0.4, 0.5) is 5.69 Å². The standard InChI is InChI=1S/C14H19N3O6S.ClH/c1-14(8-15)2-3-16(9-14)24(20,21)13-7-12-11(22-4-5-23-12)6-10(13)17(18)19;/h6-7H,2-5,8-9,15H2,1H3;1H. The van der Waals surface area contributed by atoms with Gasteiger partial charge in [0, 0.05) is 19.2 Å². The maximum Gasteiger partial charge on any atom is 0.293 e. The molecule has 1 aromatic carbocycles. The second-order valence-electron chi connectivity index (χ2n) is 6.32. The maximum absolute atomic E-state index is 12.9. The summed E-state index contributed by atoms with van der Waals surface area (Å²) >= 11 is 0. The van der Waals surface area contributed by atoms with E-state index in [1.165, 1.54) is 10.4 Å². The van der Waals surface area contributed by atoms with Gasteiger partial charge in [-0.3, -0.25) is 10.1 Å². The Morgan fingerprint density at radius 2 is 1.92 bits per heavy atom. The Hall–Kier alpha value is -1.62. The number of benzene rings is 1. The third-order valence-corrected chi connectivity index (χ3v) is 6.33. The summed E-state index contributed by atoms with van der Waals surface area (Å²) in [6.45, 7) is 3.29. The van der Waals surface area contributed by atoms with E-state index in [9.17, 15) is 18.5 Å². The first-order valence-corrected chi connectivity index (χ1v) is 8.99. The Morgan fingerprint density at radius 1 is 1.32 bits per heavy atom. The van der Waals surface area contributed by atoms with Crippen LogP contribution in [0.25, 0.3) is 0 Å². The van der Waals surface area contributed by atoms with E-state index in [4.69, 9.17) is 15.2 Å². The maximum atomic E-state index is 12.9. The van der Waals surface area contributed by atoms with Gasteiger partial charge in [-0.05, 0) is 18.4 Å². The molecule has 2 heterocycles. The summed E-state index contributed by atoms with van der Waals surface area (Å²) in [7, 11) is -4.03. The highest BCUT2D eigenvalue weighted by molar-refractivity contribution is 7.89. The van der Waals surface area contributed by atoms with Gasteiger partial charge in [0.2, 0.25) is 10.0 Å². The molecule has 0 radical (unpaired) electrons. The number of ether oxygens (including phenoxy) is 2. The fraction of sp³-hybridized carbons (Fsp3) is 0.571. The summed E-state index contributed by atoms with van der Waals surface area (Å²) < 4.78 is 37.8. The molecular formula is C14H20ClN3O6S. The second-order valence-corrected chi connectivity index (χ2v) is 8.23. The van der Waals surface area contributed by atoms with Crippen molar-refractivity contribution >= 4 is 28.1 Å². The van der Waals surface area contributed by atoms with Crippen LogP contribution in [0.5, 0.6) is 11.5 Å². The number of sulfonamides is 1. The van der Waals surface area contributed by atoms with Gasteiger partial charge in [-0.2, -0.15) is 4.31 Å². The summed E-state index contributed by atoms with van der Waals surface area (Å²) in [5.74, 6) is 0.381. The van der Waals surface area contributed by atoms with E-state index < -0.39 is 20.6 Å². The number of fused-ring (bicyclic) bond motifs is 1. The number of nitrogens with two attached hydrogens (primary N) is 1. The minimum atomic E-state index is -4.03. The van der Waals surface area contributed by atoms with E-state index in [-0.39, 0.29) is 60.5 Å². The predicted octanol–water partition coefficient (Wildman–Crippen LogP) is 1.15. The molecule has 2 aliphatic heterocycles. The van der Waals surface area contributed by atoms with E-state index in [0.717, 1.165) is 6.07 Å². The molecule has 11 heteroatoms. The molecule has 1 unspecified atom stereocenters. The molecular weight excluding hydrogens is 374 g/mol. The van der Waals surface area contributed by atoms with E-state index in [0.29, 0.717) is 13.0 Å². The first kappa shape index (κ1) is 19.7. The van der Waals surface area contributed by atoms with Crippen LogP contribution in [-0.4, -0.2) is 50.5 Å². The largest absolute Gasteiger partial charge is 0.486 e. The molecule has 0 aromatic heterocycles. The normalized spacial score (nSPS) is 23.1. The van der Waals surface area contributed by atoms with Crippen LogP contribution in [-0.2, 0) is 10.0 Å². The smallest absolute Gasteiger partial charge is 0.293 e. The summed E-state index contributed by atoms with van der Waals surface area (Å²) in [4.78, 5) is 10.3. The number of halogens is 1. The number of nitro groups is 1. The first-order valence-electron chi connectivity index (χ1n) is 7.55. The topological polar surface area (TPSA) is 125 Å². The quantitative estimate of drug-likeness (QED) is 0.600. The van der Waals surface area contributed by atoms with Crippen molar-refractivity contribution in [1.29, 1.82) is 0 Å². The highest BCUT2D eigenvalue weighted by Gasteiger charge is 2.42. The molecule has 2 aliphatic rings. The van der Waals surface area contributed by atoms with E-state index in [1.54, 1.807) is 0 Å². The van der Waals surface area contributed by atoms with Crippen molar-refractivity contribution < 1.29 is 22.8 Å². The van der Waals surface area contributed by atoms with Gasteiger partial charge in [0.25, 0.3) is 5.69 Å². The van der Waals surface area contributed by atoms with Crippen LogP contribution in [0.1, 0.15) is 13.3 Å². The Morgan fingerprint density at radius 3 is 2.44 bits per heavy atom. The minimum absolute atomic E-state index is 0. The van der Waals surface area contributed by atoms with Crippen LogP contribution in [0.15, 0.2) is 17.0 Å². The molecule has 1 aromatic rings. The average molecular weight is 394 g/mol.